The summed E-state index contributed by atoms with van der Waals surface area (Å²) in [6.45, 7) is 0.418. The average molecular weight is 274 g/mol. The van der Waals surface area contributed by atoms with E-state index >= 15 is 0 Å². The Hall–Kier alpha value is -2.43. The fraction of sp³-hybridized carbons (Fsp3) is 0.133. The summed E-state index contributed by atoms with van der Waals surface area (Å²) in [4.78, 5) is 12.2. The number of halogens is 2. The van der Waals surface area contributed by atoms with Crippen LogP contribution in [0.1, 0.15) is 11.5 Å². The lowest BCUT2D eigenvalue weighted by Crippen LogP contribution is -2.23. The molecule has 0 bridgehead atoms. The zero-order valence-electron chi connectivity index (χ0n) is 10.5. The summed E-state index contributed by atoms with van der Waals surface area (Å²) in [6.07, 6.45) is 0. The third kappa shape index (κ3) is 2.11. The van der Waals surface area contributed by atoms with Gasteiger partial charge in [-0.05, 0) is 23.8 Å². The number of nitrogens with one attached hydrogen (secondary N) is 2. The molecule has 2 aromatic carbocycles. The third-order valence-corrected chi connectivity index (χ3v) is 3.36. The normalized spacial score (nSPS) is 16.4. The largest absolute Gasteiger partial charge is 0.384 e. The van der Waals surface area contributed by atoms with Crippen LogP contribution in [-0.2, 0) is 4.79 Å². The predicted octanol–water partition coefficient (Wildman–Crippen LogP) is 3.11. The van der Waals surface area contributed by atoms with Gasteiger partial charge in [-0.15, -0.1) is 0 Å². The van der Waals surface area contributed by atoms with Crippen molar-refractivity contribution in [3.63, 3.8) is 0 Å². The lowest BCUT2D eigenvalue weighted by Gasteiger charge is -2.12. The molecule has 3 rings (SSSR count). The molecule has 0 radical (unpaired) electrons. The van der Waals surface area contributed by atoms with Gasteiger partial charge < -0.3 is 10.6 Å². The molecule has 0 aromatic heterocycles. The van der Waals surface area contributed by atoms with E-state index in [1.165, 1.54) is 6.07 Å². The van der Waals surface area contributed by atoms with Crippen LogP contribution in [0, 0.1) is 11.6 Å². The molecular formula is C15H12F2N2O. The number of fused-ring (bicyclic) bond motifs is 1. The maximum atomic E-state index is 13.5. The van der Waals surface area contributed by atoms with E-state index in [2.05, 4.69) is 10.6 Å². The molecule has 0 fully saturated rings. The standard InChI is InChI=1S/C15H12F2N2O/c16-11-5-3-6-12(17)14(11)19-15(20)10-8-18-13-7-2-1-4-9(10)13/h1-7,10,18H,8H2,(H,19,20). The molecule has 5 heteroatoms. The van der Waals surface area contributed by atoms with Crippen LogP contribution in [0.2, 0.25) is 0 Å². The summed E-state index contributed by atoms with van der Waals surface area (Å²) in [5, 5.41) is 5.43. The quantitative estimate of drug-likeness (QED) is 0.883. The molecule has 1 atom stereocenters. The van der Waals surface area contributed by atoms with Crippen LogP contribution >= 0.6 is 0 Å². The highest BCUT2D eigenvalue weighted by atomic mass is 19.1. The highest BCUT2D eigenvalue weighted by Gasteiger charge is 2.29. The highest BCUT2D eigenvalue weighted by molar-refractivity contribution is 5.98. The fourth-order valence-electron chi connectivity index (χ4n) is 2.35. The molecule has 1 heterocycles. The van der Waals surface area contributed by atoms with Crippen LogP contribution in [0.15, 0.2) is 42.5 Å². The van der Waals surface area contributed by atoms with Crippen molar-refractivity contribution in [2.75, 3.05) is 17.2 Å². The monoisotopic (exact) mass is 274 g/mol. The first kappa shape index (κ1) is 12.6. The summed E-state index contributed by atoms with van der Waals surface area (Å²) in [5.41, 5.74) is 1.31. The zero-order chi connectivity index (χ0) is 14.1. The van der Waals surface area contributed by atoms with E-state index in [0.717, 1.165) is 23.4 Å². The molecule has 3 nitrogen and oxygen atoms in total. The number of rotatable bonds is 2. The van der Waals surface area contributed by atoms with Crippen LogP contribution in [-0.4, -0.2) is 12.5 Å². The van der Waals surface area contributed by atoms with E-state index in [0.29, 0.717) is 6.54 Å². The van der Waals surface area contributed by atoms with Crippen LogP contribution in [0.25, 0.3) is 0 Å². The molecule has 1 aliphatic heterocycles. The van der Waals surface area contributed by atoms with Crippen molar-refractivity contribution >= 4 is 17.3 Å². The number of para-hydroxylation sites is 2. The summed E-state index contributed by atoms with van der Waals surface area (Å²) in [5.74, 6) is -2.44. The predicted molar refractivity (Wildman–Crippen MR) is 72.7 cm³/mol. The number of carbonyl (C=O) groups is 1. The minimum atomic E-state index is -0.780. The van der Waals surface area contributed by atoms with Gasteiger partial charge in [-0.2, -0.15) is 0 Å². The second-order valence-electron chi connectivity index (χ2n) is 4.61. The van der Waals surface area contributed by atoms with Gasteiger partial charge in [0, 0.05) is 12.2 Å². The molecule has 20 heavy (non-hydrogen) atoms. The Morgan fingerprint density at radius 3 is 2.55 bits per heavy atom. The Labute approximate surface area is 114 Å². The Balaban J connectivity index is 1.85. The number of hydrogen-bond acceptors (Lipinski definition) is 2. The summed E-state index contributed by atoms with van der Waals surface area (Å²) in [7, 11) is 0. The number of carbonyl (C=O) groups excluding carboxylic acids is 1. The number of amides is 1. The Bertz CT molecular complexity index is 652. The zero-order valence-corrected chi connectivity index (χ0v) is 10.5. The van der Waals surface area contributed by atoms with Gasteiger partial charge in [0.15, 0.2) is 0 Å². The van der Waals surface area contributed by atoms with E-state index in [1.807, 2.05) is 24.3 Å². The molecule has 102 valence electrons. The molecule has 1 unspecified atom stereocenters. The van der Waals surface area contributed by atoms with Gasteiger partial charge in [-0.1, -0.05) is 24.3 Å². The van der Waals surface area contributed by atoms with Gasteiger partial charge in [-0.25, -0.2) is 8.78 Å². The second kappa shape index (κ2) is 4.92. The SMILES string of the molecule is O=C(Nc1c(F)cccc1F)C1CNc2ccccc21. The van der Waals surface area contributed by atoms with E-state index in [4.69, 9.17) is 0 Å². The van der Waals surface area contributed by atoms with Crippen LogP contribution in [0.5, 0.6) is 0 Å². The lowest BCUT2D eigenvalue weighted by molar-refractivity contribution is -0.117. The van der Waals surface area contributed by atoms with Crippen molar-refractivity contribution < 1.29 is 13.6 Å². The van der Waals surface area contributed by atoms with E-state index in [9.17, 15) is 13.6 Å². The second-order valence-corrected chi connectivity index (χ2v) is 4.61. The van der Waals surface area contributed by atoms with Crippen molar-refractivity contribution in [3.8, 4) is 0 Å². The minimum Gasteiger partial charge on any atom is -0.384 e. The third-order valence-electron chi connectivity index (χ3n) is 3.36. The van der Waals surface area contributed by atoms with Crippen LogP contribution in [0.3, 0.4) is 0 Å². The highest BCUT2D eigenvalue weighted by Crippen LogP contribution is 2.32. The van der Waals surface area contributed by atoms with Crippen LogP contribution in [0.4, 0.5) is 20.2 Å². The van der Waals surface area contributed by atoms with Crippen molar-refractivity contribution in [1.29, 1.82) is 0 Å². The van der Waals surface area contributed by atoms with E-state index < -0.39 is 29.1 Å². The smallest absolute Gasteiger partial charge is 0.233 e. The van der Waals surface area contributed by atoms with Gasteiger partial charge in [-0.3, -0.25) is 4.79 Å². The average Bonchev–Trinajstić information content (AvgIpc) is 2.87. The first-order chi connectivity index (χ1) is 9.66. The van der Waals surface area contributed by atoms with Crippen molar-refractivity contribution in [2.24, 2.45) is 0 Å². The number of benzene rings is 2. The maximum Gasteiger partial charge on any atom is 0.233 e. The summed E-state index contributed by atoms with van der Waals surface area (Å²) < 4.78 is 27.0. The molecule has 2 aromatic rings. The Kier molecular flexibility index (Phi) is 3.10. The molecule has 1 aliphatic rings. The van der Waals surface area contributed by atoms with Crippen molar-refractivity contribution in [3.05, 3.63) is 59.7 Å². The molecule has 0 saturated carbocycles. The molecular weight excluding hydrogens is 262 g/mol. The maximum absolute atomic E-state index is 13.5. The van der Waals surface area contributed by atoms with Gasteiger partial charge in [0.05, 0.1) is 5.92 Å². The first-order valence-electron chi connectivity index (χ1n) is 6.24. The van der Waals surface area contributed by atoms with Gasteiger partial charge in [0.1, 0.15) is 17.3 Å². The lowest BCUT2D eigenvalue weighted by atomic mass is 10.0. The van der Waals surface area contributed by atoms with Gasteiger partial charge in [0.25, 0.3) is 0 Å². The fourth-order valence-corrected chi connectivity index (χ4v) is 2.35. The molecule has 0 spiro atoms. The van der Waals surface area contributed by atoms with Crippen molar-refractivity contribution in [1.82, 2.24) is 0 Å². The minimum absolute atomic E-state index is 0.401. The topological polar surface area (TPSA) is 41.1 Å². The van der Waals surface area contributed by atoms with Gasteiger partial charge in [0.2, 0.25) is 5.91 Å². The first-order valence-corrected chi connectivity index (χ1v) is 6.24. The summed E-state index contributed by atoms with van der Waals surface area (Å²) >= 11 is 0. The van der Waals surface area contributed by atoms with E-state index in [1.54, 1.807) is 0 Å². The van der Waals surface area contributed by atoms with E-state index in [-0.39, 0.29) is 0 Å². The number of anilines is 2. The Morgan fingerprint density at radius 2 is 1.80 bits per heavy atom. The Morgan fingerprint density at radius 1 is 1.10 bits per heavy atom. The molecule has 2 N–H and O–H groups in total. The van der Waals surface area contributed by atoms with Crippen molar-refractivity contribution in [2.45, 2.75) is 5.92 Å². The molecule has 1 amide bonds. The summed E-state index contributed by atoms with van der Waals surface area (Å²) in [6, 6.07) is 10.9. The number of hydrogen-bond donors (Lipinski definition) is 2. The van der Waals surface area contributed by atoms with Gasteiger partial charge >= 0.3 is 0 Å². The van der Waals surface area contributed by atoms with Crippen LogP contribution < -0.4 is 10.6 Å². The molecule has 0 aliphatic carbocycles. The molecule has 0 saturated heterocycles.